The SMILES string of the molecule is Cc1cc2ncn(C(=O)c3ccc(NC(=O)c4ccccc4)cc3)c2cc1C. The highest BCUT2D eigenvalue weighted by atomic mass is 16.2. The summed E-state index contributed by atoms with van der Waals surface area (Å²) in [4.78, 5) is 29.5. The van der Waals surface area contributed by atoms with Crippen LogP contribution in [-0.4, -0.2) is 21.4 Å². The molecule has 0 atom stereocenters. The molecule has 5 nitrogen and oxygen atoms in total. The summed E-state index contributed by atoms with van der Waals surface area (Å²) in [6, 6.07) is 19.8. The van der Waals surface area contributed by atoms with Gasteiger partial charge in [-0.05, 0) is 73.5 Å². The Balaban J connectivity index is 1.56. The van der Waals surface area contributed by atoms with Gasteiger partial charge in [0.1, 0.15) is 6.33 Å². The van der Waals surface area contributed by atoms with Crippen molar-refractivity contribution in [3.63, 3.8) is 0 Å². The molecule has 1 heterocycles. The number of rotatable bonds is 3. The maximum atomic E-state index is 12.9. The molecule has 0 radical (unpaired) electrons. The van der Waals surface area contributed by atoms with Crippen LogP contribution in [0.3, 0.4) is 0 Å². The Labute approximate surface area is 162 Å². The molecule has 0 unspecified atom stereocenters. The average molecular weight is 369 g/mol. The Hall–Kier alpha value is -3.73. The van der Waals surface area contributed by atoms with Gasteiger partial charge in [0.2, 0.25) is 0 Å². The van der Waals surface area contributed by atoms with E-state index in [0.29, 0.717) is 16.8 Å². The van der Waals surface area contributed by atoms with Crippen molar-refractivity contribution in [3.8, 4) is 0 Å². The molecule has 1 N–H and O–H groups in total. The number of fused-ring (bicyclic) bond motifs is 1. The van der Waals surface area contributed by atoms with Crippen molar-refractivity contribution in [1.82, 2.24) is 9.55 Å². The van der Waals surface area contributed by atoms with E-state index in [1.54, 1.807) is 47.3 Å². The van der Waals surface area contributed by atoms with Crippen molar-refractivity contribution in [2.24, 2.45) is 0 Å². The fourth-order valence-electron chi connectivity index (χ4n) is 3.05. The molecule has 4 rings (SSSR count). The zero-order chi connectivity index (χ0) is 19.7. The van der Waals surface area contributed by atoms with Crippen LogP contribution in [0.1, 0.15) is 31.8 Å². The third-order valence-corrected chi connectivity index (χ3v) is 4.81. The van der Waals surface area contributed by atoms with Crippen LogP contribution in [0.25, 0.3) is 11.0 Å². The molecule has 4 aromatic rings. The topological polar surface area (TPSA) is 64.0 Å². The number of carbonyl (C=O) groups is 2. The van der Waals surface area contributed by atoms with E-state index in [0.717, 1.165) is 22.2 Å². The number of hydrogen-bond donors (Lipinski definition) is 1. The van der Waals surface area contributed by atoms with E-state index in [-0.39, 0.29) is 11.8 Å². The highest BCUT2D eigenvalue weighted by Crippen LogP contribution is 2.20. The highest BCUT2D eigenvalue weighted by Gasteiger charge is 2.14. The predicted molar refractivity (Wildman–Crippen MR) is 110 cm³/mol. The van der Waals surface area contributed by atoms with E-state index < -0.39 is 0 Å². The minimum absolute atomic E-state index is 0.160. The molecule has 0 bridgehead atoms. The zero-order valence-corrected chi connectivity index (χ0v) is 15.6. The number of amides is 1. The Morgan fingerprint density at radius 3 is 2.25 bits per heavy atom. The lowest BCUT2D eigenvalue weighted by Gasteiger charge is -2.08. The van der Waals surface area contributed by atoms with E-state index in [9.17, 15) is 9.59 Å². The third kappa shape index (κ3) is 3.30. The predicted octanol–water partition coefficient (Wildman–Crippen LogP) is 4.59. The van der Waals surface area contributed by atoms with Gasteiger partial charge >= 0.3 is 0 Å². The molecule has 138 valence electrons. The van der Waals surface area contributed by atoms with Crippen LogP contribution < -0.4 is 5.32 Å². The molecular formula is C23H19N3O2. The Morgan fingerprint density at radius 1 is 0.857 bits per heavy atom. The fourth-order valence-corrected chi connectivity index (χ4v) is 3.05. The summed E-state index contributed by atoms with van der Waals surface area (Å²) in [6.07, 6.45) is 1.55. The van der Waals surface area contributed by atoms with Crippen LogP contribution in [0, 0.1) is 13.8 Å². The fraction of sp³-hybridized carbons (Fsp3) is 0.0870. The summed E-state index contributed by atoms with van der Waals surface area (Å²) in [5, 5.41) is 2.83. The Morgan fingerprint density at radius 2 is 1.54 bits per heavy atom. The second-order valence-corrected chi connectivity index (χ2v) is 6.74. The number of carbonyl (C=O) groups excluding carboxylic acids is 2. The molecule has 0 fully saturated rings. The smallest absolute Gasteiger partial charge is 0.263 e. The van der Waals surface area contributed by atoms with E-state index in [2.05, 4.69) is 10.3 Å². The second kappa shape index (κ2) is 7.12. The van der Waals surface area contributed by atoms with Gasteiger partial charge in [-0.1, -0.05) is 18.2 Å². The third-order valence-electron chi connectivity index (χ3n) is 4.81. The van der Waals surface area contributed by atoms with Crippen LogP contribution in [0.2, 0.25) is 0 Å². The number of anilines is 1. The second-order valence-electron chi connectivity index (χ2n) is 6.74. The minimum atomic E-state index is -0.189. The Kier molecular flexibility index (Phi) is 4.49. The molecule has 1 aromatic heterocycles. The summed E-state index contributed by atoms with van der Waals surface area (Å²) in [5.41, 5.74) is 5.57. The first-order chi connectivity index (χ1) is 13.5. The Bertz CT molecular complexity index is 1180. The number of benzene rings is 3. The van der Waals surface area contributed by atoms with Gasteiger partial charge in [0, 0.05) is 16.8 Å². The first kappa shape index (κ1) is 17.7. The molecule has 0 spiro atoms. The summed E-state index contributed by atoms with van der Waals surface area (Å²) in [5.74, 6) is -0.349. The van der Waals surface area contributed by atoms with Crippen LogP contribution >= 0.6 is 0 Å². The van der Waals surface area contributed by atoms with Gasteiger partial charge in [0.15, 0.2) is 0 Å². The van der Waals surface area contributed by atoms with E-state index in [1.807, 2.05) is 44.2 Å². The summed E-state index contributed by atoms with van der Waals surface area (Å²) >= 11 is 0. The van der Waals surface area contributed by atoms with Crippen molar-refractivity contribution in [2.75, 3.05) is 5.32 Å². The van der Waals surface area contributed by atoms with Crippen LogP contribution in [0.4, 0.5) is 5.69 Å². The minimum Gasteiger partial charge on any atom is -0.322 e. The lowest BCUT2D eigenvalue weighted by molar-refractivity contribution is 0.0963. The molecule has 0 aliphatic heterocycles. The van der Waals surface area contributed by atoms with Gasteiger partial charge in [0.05, 0.1) is 11.0 Å². The van der Waals surface area contributed by atoms with Gasteiger partial charge < -0.3 is 5.32 Å². The van der Waals surface area contributed by atoms with Crippen LogP contribution in [0.5, 0.6) is 0 Å². The van der Waals surface area contributed by atoms with Crippen LogP contribution in [-0.2, 0) is 0 Å². The number of nitrogens with zero attached hydrogens (tertiary/aromatic N) is 2. The van der Waals surface area contributed by atoms with E-state index in [1.165, 1.54) is 0 Å². The molecule has 0 aliphatic carbocycles. The van der Waals surface area contributed by atoms with Crippen molar-refractivity contribution in [2.45, 2.75) is 13.8 Å². The van der Waals surface area contributed by atoms with Crippen molar-refractivity contribution < 1.29 is 9.59 Å². The molecule has 1 amide bonds. The molecule has 0 saturated heterocycles. The molecule has 0 saturated carbocycles. The van der Waals surface area contributed by atoms with Crippen molar-refractivity contribution in [1.29, 1.82) is 0 Å². The number of aromatic nitrogens is 2. The quantitative estimate of drug-likeness (QED) is 0.574. The lowest BCUT2D eigenvalue weighted by atomic mass is 10.1. The molecule has 5 heteroatoms. The van der Waals surface area contributed by atoms with Gasteiger partial charge in [-0.15, -0.1) is 0 Å². The van der Waals surface area contributed by atoms with E-state index >= 15 is 0 Å². The first-order valence-electron chi connectivity index (χ1n) is 8.98. The molecule has 28 heavy (non-hydrogen) atoms. The van der Waals surface area contributed by atoms with Gasteiger partial charge in [-0.2, -0.15) is 0 Å². The molecule has 3 aromatic carbocycles. The van der Waals surface area contributed by atoms with Gasteiger partial charge in [-0.3, -0.25) is 14.2 Å². The summed E-state index contributed by atoms with van der Waals surface area (Å²) in [6.45, 7) is 4.04. The van der Waals surface area contributed by atoms with Crippen molar-refractivity contribution in [3.05, 3.63) is 95.3 Å². The van der Waals surface area contributed by atoms with Gasteiger partial charge in [-0.25, -0.2) is 4.98 Å². The molecular weight excluding hydrogens is 350 g/mol. The standard InChI is InChI=1S/C23H19N3O2/c1-15-12-20-21(13-16(15)2)26(14-24-20)23(28)18-8-10-19(11-9-18)25-22(27)17-6-4-3-5-7-17/h3-14H,1-2H3,(H,25,27). The number of imidazole rings is 1. The van der Waals surface area contributed by atoms with Gasteiger partial charge in [0.25, 0.3) is 11.8 Å². The number of hydrogen-bond acceptors (Lipinski definition) is 3. The average Bonchev–Trinajstić information content (AvgIpc) is 3.11. The monoisotopic (exact) mass is 369 g/mol. The highest BCUT2D eigenvalue weighted by molar-refractivity contribution is 6.05. The first-order valence-corrected chi connectivity index (χ1v) is 8.98. The lowest BCUT2D eigenvalue weighted by Crippen LogP contribution is -2.13. The largest absolute Gasteiger partial charge is 0.322 e. The van der Waals surface area contributed by atoms with E-state index in [4.69, 9.17) is 0 Å². The zero-order valence-electron chi connectivity index (χ0n) is 15.6. The maximum Gasteiger partial charge on any atom is 0.263 e. The summed E-state index contributed by atoms with van der Waals surface area (Å²) in [7, 11) is 0. The van der Waals surface area contributed by atoms with Crippen LogP contribution in [0.15, 0.2) is 73.1 Å². The molecule has 0 aliphatic rings. The normalized spacial score (nSPS) is 10.8. The number of nitrogens with one attached hydrogen (secondary N) is 1. The maximum absolute atomic E-state index is 12.9. The summed E-state index contributed by atoms with van der Waals surface area (Å²) < 4.78 is 1.55. The van der Waals surface area contributed by atoms with Crippen molar-refractivity contribution >= 4 is 28.5 Å². The number of aryl methyl sites for hydroxylation is 2.